The summed E-state index contributed by atoms with van der Waals surface area (Å²) < 4.78 is 40.1. The number of carboxylic acids is 1. The molecule has 0 spiro atoms. The van der Waals surface area contributed by atoms with E-state index in [2.05, 4.69) is 25.0 Å². The van der Waals surface area contributed by atoms with Gasteiger partial charge in [-0.25, -0.2) is 22.9 Å². The van der Waals surface area contributed by atoms with Gasteiger partial charge in [0.2, 0.25) is 15.9 Å². The number of carboxylic acid groups (broad SMARTS) is 1. The van der Waals surface area contributed by atoms with Crippen LogP contribution in [0.2, 0.25) is 0 Å². The van der Waals surface area contributed by atoms with E-state index in [-0.39, 0.29) is 34.1 Å². The molecule has 11 nitrogen and oxygen atoms in total. The number of pyridine rings is 1. The molecular formula is C30H33N5O6S. The fraction of sp³-hybridized carbons (Fsp3) is 0.333. The minimum atomic E-state index is -3.98. The zero-order chi connectivity index (χ0) is 30.0. The fourth-order valence-electron chi connectivity index (χ4n) is 5.34. The van der Waals surface area contributed by atoms with E-state index in [0.29, 0.717) is 33.6 Å². The van der Waals surface area contributed by atoms with Gasteiger partial charge in [-0.05, 0) is 68.0 Å². The number of methoxy groups -OCH3 is 2. The molecule has 1 saturated carbocycles. The summed E-state index contributed by atoms with van der Waals surface area (Å²) in [5.74, 6) is -0.481. The number of fused-ring (bicyclic) bond motifs is 1. The SMILES string of the molecule is COc1ncc(-c2ccc3c(Nc4cc(C(=O)O)cc(C5CCCC5)c4)c(S(=O)(=O)NC(C)C)cnc3c2)c(OC)n1. The molecule has 1 aliphatic rings. The van der Waals surface area contributed by atoms with E-state index in [1.807, 2.05) is 6.07 Å². The second kappa shape index (κ2) is 11.9. The van der Waals surface area contributed by atoms with E-state index in [1.54, 1.807) is 44.3 Å². The highest BCUT2D eigenvalue weighted by molar-refractivity contribution is 7.89. The number of nitrogens with one attached hydrogen (secondary N) is 2. The molecule has 0 atom stereocenters. The molecule has 2 aromatic heterocycles. The van der Waals surface area contributed by atoms with Crippen LogP contribution in [0.5, 0.6) is 11.9 Å². The van der Waals surface area contributed by atoms with Crippen LogP contribution >= 0.6 is 0 Å². The summed E-state index contributed by atoms with van der Waals surface area (Å²) in [6, 6.07) is 10.3. The number of nitrogens with zero attached hydrogens (tertiary/aromatic N) is 3. The Morgan fingerprint density at radius 3 is 2.45 bits per heavy atom. The normalized spacial score (nSPS) is 13.9. The van der Waals surface area contributed by atoms with Crippen molar-refractivity contribution in [2.75, 3.05) is 19.5 Å². The molecule has 0 aliphatic heterocycles. The number of sulfonamides is 1. The minimum Gasteiger partial charge on any atom is -0.480 e. The van der Waals surface area contributed by atoms with Crippen LogP contribution in [0.4, 0.5) is 11.4 Å². The Balaban J connectivity index is 1.67. The number of aromatic carboxylic acids is 1. The third kappa shape index (κ3) is 6.00. The summed E-state index contributed by atoms with van der Waals surface area (Å²) >= 11 is 0. The second-order valence-electron chi connectivity index (χ2n) is 10.5. The van der Waals surface area contributed by atoms with Gasteiger partial charge >= 0.3 is 12.0 Å². The molecule has 1 fully saturated rings. The maximum atomic E-state index is 13.5. The lowest BCUT2D eigenvalue weighted by atomic mass is 9.95. The number of aromatic nitrogens is 3. The van der Waals surface area contributed by atoms with Crippen LogP contribution in [0.3, 0.4) is 0 Å². The minimum absolute atomic E-state index is 0.0510. The molecule has 4 aromatic rings. The van der Waals surface area contributed by atoms with Crippen molar-refractivity contribution in [2.45, 2.75) is 56.4 Å². The van der Waals surface area contributed by atoms with Crippen LogP contribution in [0.25, 0.3) is 22.0 Å². The van der Waals surface area contributed by atoms with Crippen molar-refractivity contribution >= 4 is 38.3 Å². The number of anilines is 2. The first-order valence-corrected chi connectivity index (χ1v) is 15.1. The maximum absolute atomic E-state index is 13.5. The molecule has 42 heavy (non-hydrogen) atoms. The summed E-state index contributed by atoms with van der Waals surface area (Å²) in [6.45, 7) is 3.47. The van der Waals surface area contributed by atoms with Gasteiger partial charge in [0.15, 0.2) is 0 Å². The van der Waals surface area contributed by atoms with Crippen molar-refractivity contribution in [1.29, 1.82) is 0 Å². The maximum Gasteiger partial charge on any atom is 0.335 e. The topological polar surface area (TPSA) is 153 Å². The summed E-state index contributed by atoms with van der Waals surface area (Å²) in [7, 11) is -1.02. The molecule has 0 unspecified atom stereocenters. The quantitative estimate of drug-likeness (QED) is 0.216. The van der Waals surface area contributed by atoms with E-state index < -0.39 is 16.0 Å². The Bertz CT molecular complexity index is 1750. The summed E-state index contributed by atoms with van der Waals surface area (Å²) in [5, 5.41) is 13.6. The third-order valence-corrected chi connectivity index (χ3v) is 8.90. The Hall–Kier alpha value is -4.29. The Kier molecular flexibility index (Phi) is 8.28. The van der Waals surface area contributed by atoms with Crippen LogP contribution in [0.1, 0.15) is 61.4 Å². The van der Waals surface area contributed by atoms with E-state index in [4.69, 9.17) is 9.47 Å². The Labute approximate surface area is 244 Å². The van der Waals surface area contributed by atoms with Gasteiger partial charge in [0, 0.05) is 29.5 Å². The van der Waals surface area contributed by atoms with Gasteiger partial charge in [-0.1, -0.05) is 25.0 Å². The lowest BCUT2D eigenvalue weighted by Gasteiger charge is -2.19. The van der Waals surface area contributed by atoms with Crippen molar-refractivity contribution in [3.63, 3.8) is 0 Å². The molecule has 3 N–H and O–H groups in total. The smallest absolute Gasteiger partial charge is 0.335 e. The highest BCUT2D eigenvalue weighted by Gasteiger charge is 2.25. The van der Waals surface area contributed by atoms with E-state index >= 15 is 0 Å². The lowest BCUT2D eigenvalue weighted by Crippen LogP contribution is -2.30. The predicted molar refractivity (Wildman–Crippen MR) is 159 cm³/mol. The molecule has 0 radical (unpaired) electrons. The first-order chi connectivity index (χ1) is 20.1. The average molecular weight is 592 g/mol. The molecule has 220 valence electrons. The molecule has 2 heterocycles. The summed E-state index contributed by atoms with van der Waals surface area (Å²) in [4.78, 5) is 24.9. The lowest BCUT2D eigenvalue weighted by molar-refractivity contribution is 0.0696. The predicted octanol–water partition coefficient (Wildman–Crippen LogP) is 5.50. The van der Waals surface area contributed by atoms with Crippen molar-refractivity contribution in [3.8, 4) is 23.0 Å². The van der Waals surface area contributed by atoms with Gasteiger partial charge in [0.05, 0.1) is 36.6 Å². The van der Waals surface area contributed by atoms with Crippen LogP contribution < -0.4 is 19.5 Å². The summed E-state index contributed by atoms with van der Waals surface area (Å²) in [5.41, 5.74) is 3.64. The first kappa shape index (κ1) is 29.2. The molecular weight excluding hydrogens is 558 g/mol. The van der Waals surface area contributed by atoms with Gasteiger partial charge in [-0.3, -0.25) is 4.98 Å². The number of hydrogen-bond donors (Lipinski definition) is 3. The van der Waals surface area contributed by atoms with Crippen molar-refractivity contribution < 1.29 is 27.8 Å². The molecule has 2 aromatic carbocycles. The van der Waals surface area contributed by atoms with Gasteiger partial charge in [0.1, 0.15) is 4.90 Å². The standard InChI is InChI=1S/C30H33N5O6S/c1-17(2)35-42(38,39)26-16-31-25-14-19(24-15-32-30(41-4)34-28(24)40-3)9-10-23(25)27(26)33-22-12-20(18-7-5-6-8-18)11-21(13-22)29(36)37/h9-18,35H,5-8H2,1-4H3,(H,31,33)(H,36,37). The van der Waals surface area contributed by atoms with Gasteiger partial charge in [-0.15, -0.1) is 0 Å². The van der Waals surface area contributed by atoms with Gasteiger partial charge in [0.25, 0.3) is 0 Å². The highest BCUT2D eigenvalue weighted by atomic mass is 32.2. The Morgan fingerprint density at radius 2 is 1.79 bits per heavy atom. The van der Waals surface area contributed by atoms with Gasteiger partial charge in [-0.2, -0.15) is 4.98 Å². The van der Waals surface area contributed by atoms with Crippen LogP contribution in [-0.4, -0.2) is 54.7 Å². The van der Waals surface area contributed by atoms with E-state index in [0.717, 1.165) is 31.2 Å². The van der Waals surface area contributed by atoms with Crippen LogP contribution in [0, 0.1) is 0 Å². The van der Waals surface area contributed by atoms with Gasteiger partial charge < -0.3 is 19.9 Å². The second-order valence-corrected chi connectivity index (χ2v) is 12.2. The monoisotopic (exact) mass is 591 g/mol. The van der Waals surface area contributed by atoms with E-state index in [9.17, 15) is 18.3 Å². The molecule has 0 amide bonds. The van der Waals surface area contributed by atoms with Crippen LogP contribution in [0.15, 0.2) is 53.7 Å². The number of benzene rings is 2. The van der Waals surface area contributed by atoms with Crippen molar-refractivity contribution in [1.82, 2.24) is 19.7 Å². The number of rotatable bonds is 10. The molecule has 0 saturated heterocycles. The molecule has 0 bridgehead atoms. The molecule has 12 heteroatoms. The van der Waals surface area contributed by atoms with Crippen molar-refractivity contribution in [3.05, 3.63) is 59.9 Å². The average Bonchev–Trinajstić information content (AvgIpc) is 3.51. The van der Waals surface area contributed by atoms with E-state index in [1.165, 1.54) is 26.5 Å². The fourth-order valence-corrected chi connectivity index (χ4v) is 6.71. The first-order valence-electron chi connectivity index (χ1n) is 13.7. The zero-order valence-corrected chi connectivity index (χ0v) is 24.7. The zero-order valence-electron chi connectivity index (χ0n) is 23.8. The number of hydrogen-bond acceptors (Lipinski definition) is 9. The highest BCUT2D eigenvalue weighted by Crippen LogP contribution is 2.39. The number of carbonyl (C=O) groups is 1. The number of ether oxygens (including phenoxy) is 2. The van der Waals surface area contributed by atoms with Crippen molar-refractivity contribution in [2.24, 2.45) is 0 Å². The molecule has 1 aliphatic carbocycles. The Morgan fingerprint density at radius 1 is 1.02 bits per heavy atom. The third-order valence-electron chi connectivity index (χ3n) is 7.23. The molecule has 5 rings (SSSR count). The largest absolute Gasteiger partial charge is 0.480 e. The van der Waals surface area contributed by atoms with Crippen LogP contribution in [-0.2, 0) is 10.0 Å². The summed E-state index contributed by atoms with van der Waals surface area (Å²) in [6.07, 6.45) is 7.04.